The minimum atomic E-state index is -0.834. The molecule has 0 amide bonds. The van der Waals surface area contributed by atoms with E-state index in [4.69, 9.17) is 18.9 Å². The number of aromatic nitrogens is 1. The molecule has 4 N–H and O–H groups in total. The van der Waals surface area contributed by atoms with E-state index in [1.54, 1.807) is 49.4 Å². The van der Waals surface area contributed by atoms with Crippen molar-refractivity contribution in [2.75, 3.05) is 33.8 Å². The summed E-state index contributed by atoms with van der Waals surface area (Å²) in [5, 5.41) is 45.3. The maximum Gasteiger partial charge on any atom is 0.280 e. The lowest BCUT2D eigenvalue weighted by molar-refractivity contribution is -0.383. The van der Waals surface area contributed by atoms with E-state index in [1.807, 2.05) is 24.3 Å². The Morgan fingerprint density at radius 3 is 2.07 bits per heavy atom. The largest absolute Gasteiger partial charge is 0.504 e. The second-order valence-electron chi connectivity index (χ2n) is 9.94. The van der Waals surface area contributed by atoms with Crippen molar-refractivity contribution in [3.63, 3.8) is 0 Å². The van der Waals surface area contributed by atoms with Crippen LogP contribution in [-0.2, 0) is 6.42 Å². The van der Waals surface area contributed by atoms with Gasteiger partial charge in [-0.2, -0.15) is 0 Å². The molecule has 0 aliphatic carbocycles. The Bertz CT molecular complexity index is 1790. The van der Waals surface area contributed by atoms with E-state index in [9.17, 15) is 25.4 Å². The molecule has 0 radical (unpaired) electrons. The van der Waals surface area contributed by atoms with Gasteiger partial charge in [-0.15, -0.1) is 0 Å². The number of nitrogens with one attached hydrogen (secondary N) is 1. The molecule has 1 unspecified atom stereocenters. The number of nitrogens with zero attached hydrogens (tertiary/aromatic N) is 2. The molecule has 2 atom stereocenters. The van der Waals surface area contributed by atoms with Crippen LogP contribution in [0, 0.1) is 10.1 Å². The van der Waals surface area contributed by atoms with Gasteiger partial charge < -0.3 is 39.6 Å². The molecule has 5 rings (SSSR count). The quantitative estimate of drug-likeness (QED) is 0.0652. The number of rotatable bonds is 10. The van der Waals surface area contributed by atoms with Crippen molar-refractivity contribution >= 4 is 33.2 Å². The zero-order chi connectivity index (χ0) is 32.7. The minimum Gasteiger partial charge on any atom is -0.504 e. The second-order valence-corrected chi connectivity index (χ2v) is 9.94. The summed E-state index contributed by atoms with van der Waals surface area (Å²) in [7, 11) is 6.06. The van der Waals surface area contributed by atoms with E-state index in [0.717, 1.165) is 10.9 Å². The number of hydrogen-bond acceptors (Lipinski definition) is 11. The molecular weight excluding hydrogens is 582 g/mol. The maximum absolute atomic E-state index is 11.3. The molecule has 45 heavy (non-hydrogen) atoms. The Hall–Kier alpha value is -5.33. The number of non-ortho nitro benzene ring substituents is 1. The highest BCUT2D eigenvalue weighted by atomic mass is 16.6. The molecule has 4 aromatic carbocycles. The Kier molecular flexibility index (Phi) is 10.4. The van der Waals surface area contributed by atoms with Gasteiger partial charge in [-0.05, 0) is 54.4 Å². The van der Waals surface area contributed by atoms with E-state index in [2.05, 4.69) is 10.3 Å². The number of aromatic hydroxyl groups is 1. The van der Waals surface area contributed by atoms with Crippen LogP contribution in [0.5, 0.6) is 28.7 Å². The molecule has 12 heteroatoms. The first-order valence-electron chi connectivity index (χ1n) is 13.9. The molecule has 1 aromatic heterocycles. The molecule has 1 heterocycles. The molecule has 0 aliphatic heterocycles. The van der Waals surface area contributed by atoms with Crippen LogP contribution in [0.15, 0.2) is 72.8 Å². The van der Waals surface area contributed by atoms with Crippen LogP contribution in [0.2, 0.25) is 0 Å². The van der Waals surface area contributed by atoms with Crippen molar-refractivity contribution in [3.8, 4) is 28.7 Å². The van der Waals surface area contributed by atoms with Gasteiger partial charge in [-0.3, -0.25) is 10.1 Å². The number of pyridine rings is 1. The minimum absolute atomic E-state index is 0.0334. The van der Waals surface area contributed by atoms with Crippen LogP contribution in [0.3, 0.4) is 0 Å². The molecule has 5 aromatic rings. The lowest BCUT2D eigenvalue weighted by atomic mass is 10.00. The van der Waals surface area contributed by atoms with Gasteiger partial charge in [0.15, 0.2) is 23.0 Å². The number of aliphatic hydroxyl groups excluding tert-OH is 2. The Balaban J connectivity index is 0.000000206. The summed E-state index contributed by atoms with van der Waals surface area (Å²) < 4.78 is 20.9. The van der Waals surface area contributed by atoms with Crippen LogP contribution in [0.4, 0.5) is 11.4 Å². The van der Waals surface area contributed by atoms with E-state index in [1.165, 1.54) is 34.5 Å². The van der Waals surface area contributed by atoms with Gasteiger partial charge in [0.2, 0.25) is 5.75 Å². The van der Waals surface area contributed by atoms with Gasteiger partial charge in [-0.1, -0.05) is 30.3 Å². The van der Waals surface area contributed by atoms with E-state index in [-0.39, 0.29) is 11.4 Å². The number of nitro groups is 1. The van der Waals surface area contributed by atoms with Crippen molar-refractivity contribution in [3.05, 3.63) is 94.0 Å². The summed E-state index contributed by atoms with van der Waals surface area (Å²) in [6.45, 7) is 1.57. The summed E-state index contributed by atoms with van der Waals surface area (Å²) in [5.41, 5.74) is 3.13. The van der Waals surface area contributed by atoms with E-state index in [0.29, 0.717) is 57.1 Å². The standard InChI is InChI=1S/C18H22O6.C15H13N3O3/c1-21-15-6-5-11(8-14(15)20)7-13(19)12-9-16(22-2)18(24-4)17(10-12)23-3;1-9(19)16-15-10-5-2-3-6-11(10)17-12-7-4-8-13(14(12)15)18(20)21/h5-6,8-10,13,19-20H,7H2,1-4H3;2-9,19H,1H3,(H,16,17)/t13-;/m1./s1. The number of aliphatic hydroxyl groups is 2. The molecule has 12 nitrogen and oxygen atoms in total. The molecule has 0 saturated carbocycles. The summed E-state index contributed by atoms with van der Waals surface area (Å²) in [6, 6.07) is 20.5. The molecule has 0 spiro atoms. The topological polar surface area (TPSA) is 166 Å². The number of benzene rings is 4. The first kappa shape index (κ1) is 32.6. The van der Waals surface area contributed by atoms with Gasteiger partial charge in [0, 0.05) is 17.9 Å². The average Bonchev–Trinajstić information content (AvgIpc) is 3.03. The predicted molar refractivity (Wildman–Crippen MR) is 171 cm³/mol. The number of phenols is 1. The van der Waals surface area contributed by atoms with Crippen molar-refractivity contribution < 1.29 is 39.2 Å². The lowest BCUT2D eigenvalue weighted by Gasteiger charge is -2.17. The van der Waals surface area contributed by atoms with Crippen LogP contribution in [-0.4, -0.2) is 59.9 Å². The lowest BCUT2D eigenvalue weighted by Crippen LogP contribution is -2.14. The first-order chi connectivity index (χ1) is 21.6. The van der Waals surface area contributed by atoms with Crippen molar-refractivity contribution in [2.24, 2.45) is 0 Å². The fourth-order valence-electron chi connectivity index (χ4n) is 4.93. The maximum atomic E-state index is 11.3. The third-order valence-corrected chi connectivity index (χ3v) is 6.98. The SMILES string of the molecule is CC(O)Nc1c2ccccc2nc2cccc([N+](=O)[O-])c12.COc1ccc(C[C@@H](O)c2cc(OC)c(OC)c(OC)c2)cc1O. The van der Waals surface area contributed by atoms with Crippen LogP contribution >= 0.6 is 0 Å². The van der Waals surface area contributed by atoms with E-state index < -0.39 is 17.3 Å². The average molecular weight is 618 g/mol. The number of fused-ring (bicyclic) bond motifs is 2. The predicted octanol–water partition coefficient (Wildman–Crippen LogP) is 5.75. The summed E-state index contributed by atoms with van der Waals surface area (Å²) in [4.78, 5) is 15.3. The summed E-state index contributed by atoms with van der Waals surface area (Å²) >= 11 is 0. The number of methoxy groups -OCH3 is 4. The van der Waals surface area contributed by atoms with Crippen LogP contribution in [0.25, 0.3) is 21.8 Å². The smallest absolute Gasteiger partial charge is 0.280 e. The first-order valence-corrected chi connectivity index (χ1v) is 13.9. The van der Waals surface area contributed by atoms with Gasteiger partial charge in [0.25, 0.3) is 5.69 Å². The number of hydrogen-bond donors (Lipinski definition) is 4. The van der Waals surface area contributed by atoms with Gasteiger partial charge >= 0.3 is 0 Å². The van der Waals surface area contributed by atoms with Crippen molar-refractivity contribution in [2.45, 2.75) is 25.7 Å². The Morgan fingerprint density at radius 2 is 1.49 bits per heavy atom. The monoisotopic (exact) mass is 617 g/mol. The number of phenolic OH excluding ortho intramolecular Hbond substituents is 1. The van der Waals surface area contributed by atoms with E-state index >= 15 is 0 Å². The van der Waals surface area contributed by atoms with Gasteiger partial charge in [0.05, 0.1) is 56.2 Å². The second kappa shape index (κ2) is 14.4. The van der Waals surface area contributed by atoms with Crippen molar-refractivity contribution in [1.82, 2.24) is 4.98 Å². The molecule has 236 valence electrons. The molecule has 0 aliphatic rings. The third-order valence-electron chi connectivity index (χ3n) is 6.98. The Morgan fingerprint density at radius 1 is 0.844 bits per heavy atom. The zero-order valence-electron chi connectivity index (χ0n) is 25.5. The fraction of sp³-hybridized carbons (Fsp3) is 0.242. The van der Waals surface area contributed by atoms with Crippen molar-refractivity contribution in [1.29, 1.82) is 0 Å². The number of anilines is 1. The Labute approximate surface area is 259 Å². The normalized spacial score (nSPS) is 12.1. The molecule has 0 saturated heterocycles. The highest BCUT2D eigenvalue weighted by Gasteiger charge is 2.20. The molecule has 0 fully saturated rings. The third kappa shape index (κ3) is 7.25. The van der Waals surface area contributed by atoms with Gasteiger partial charge in [0.1, 0.15) is 11.6 Å². The number of nitro benzene ring substituents is 1. The number of para-hydroxylation sites is 1. The summed E-state index contributed by atoms with van der Waals surface area (Å²) in [5.74, 6) is 1.85. The highest BCUT2D eigenvalue weighted by Crippen LogP contribution is 2.40. The zero-order valence-corrected chi connectivity index (χ0v) is 25.5. The molecule has 0 bridgehead atoms. The van der Waals surface area contributed by atoms with Crippen LogP contribution in [0.1, 0.15) is 24.2 Å². The number of ether oxygens (including phenoxy) is 4. The summed E-state index contributed by atoms with van der Waals surface area (Å²) in [6.07, 6.45) is -1.32. The molecular formula is C33H35N3O9. The van der Waals surface area contributed by atoms with Crippen LogP contribution < -0.4 is 24.3 Å². The van der Waals surface area contributed by atoms with Gasteiger partial charge in [-0.25, -0.2) is 4.98 Å². The highest BCUT2D eigenvalue weighted by molar-refractivity contribution is 6.11. The fourth-order valence-corrected chi connectivity index (χ4v) is 4.93.